The van der Waals surface area contributed by atoms with Crippen molar-refractivity contribution in [3.05, 3.63) is 105 Å². The van der Waals surface area contributed by atoms with Gasteiger partial charge in [-0.2, -0.15) is 4.98 Å². The van der Waals surface area contributed by atoms with Crippen molar-refractivity contribution in [2.75, 3.05) is 17.2 Å². The maximum absolute atomic E-state index is 13.9. The maximum atomic E-state index is 13.9. The standard InChI is InChI=1S/C34H38ClN5O2S/c1-5-6-7-10-19-42-27-16-14-25(15-17-27)31-30(32(41)37-29-18-13-22(2)20-23(29)3)24(4)36-33-38-34(39-40(31)33)43-21-26-11-8-9-12-28(26)35/h8-9,11-18,20,31H,5-7,10,19,21H2,1-4H3,(H,37,41)(H,36,38,39). The van der Waals surface area contributed by atoms with E-state index < -0.39 is 6.04 Å². The van der Waals surface area contributed by atoms with E-state index in [1.165, 1.54) is 31.0 Å². The van der Waals surface area contributed by atoms with Gasteiger partial charge < -0.3 is 15.4 Å². The first-order valence-corrected chi connectivity index (χ1v) is 16.1. The molecule has 1 atom stereocenters. The lowest BCUT2D eigenvalue weighted by Crippen LogP contribution is -2.31. The number of nitrogens with zero attached hydrogens (tertiary/aromatic N) is 3. The number of hydrogen-bond acceptors (Lipinski definition) is 6. The predicted octanol–water partition coefficient (Wildman–Crippen LogP) is 8.73. The summed E-state index contributed by atoms with van der Waals surface area (Å²) in [5, 5.41) is 12.7. The first kappa shape index (κ1) is 30.7. The van der Waals surface area contributed by atoms with Crippen molar-refractivity contribution in [3.63, 3.8) is 0 Å². The number of benzene rings is 3. The molecule has 0 saturated heterocycles. The van der Waals surface area contributed by atoms with Gasteiger partial charge in [-0.25, -0.2) is 4.68 Å². The highest BCUT2D eigenvalue weighted by Gasteiger charge is 2.34. The Kier molecular flexibility index (Phi) is 10.1. The highest BCUT2D eigenvalue weighted by atomic mass is 35.5. The molecule has 2 N–H and O–H groups in total. The van der Waals surface area contributed by atoms with Gasteiger partial charge in [0.1, 0.15) is 11.8 Å². The lowest BCUT2D eigenvalue weighted by atomic mass is 9.94. The summed E-state index contributed by atoms with van der Waals surface area (Å²) in [6.45, 7) is 8.84. The van der Waals surface area contributed by atoms with Crippen LogP contribution in [0.3, 0.4) is 0 Å². The topological polar surface area (TPSA) is 81.1 Å². The number of fused-ring (bicyclic) bond motifs is 1. The fourth-order valence-corrected chi connectivity index (χ4v) is 6.28. The van der Waals surface area contributed by atoms with Crippen LogP contribution in [0.15, 0.2) is 83.2 Å². The van der Waals surface area contributed by atoms with E-state index in [1.807, 2.05) is 81.4 Å². The monoisotopic (exact) mass is 615 g/mol. The highest BCUT2D eigenvalue weighted by molar-refractivity contribution is 7.98. The fraction of sp³-hybridized carbons (Fsp3) is 0.324. The van der Waals surface area contributed by atoms with Gasteiger partial charge in [-0.3, -0.25) is 4.79 Å². The van der Waals surface area contributed by atoms with Crippen molar-refractivity contribution in [3.8, 4) is 5.75 Å². The number of thioether (sulfide) groups is 1. The maximum Gasteiger partial charge on any atom is 0.255 e. The molecule has 1 amide bonds. The molecule has 9 heteroatoms. The van der Waals surface area contributed by atoms with Crippen LogP contribution in [0.2, 0.25) is 5.02 Å². The molecule has 0 saturated carbocycles. The van der Waals surface area contributed by atoms with Gasteiger partial charge in [-0.1, -0.05) is 97.6 Å². The Balaban J connectivity index is 1.43. The summed E-state index contributed by atoms with van der Waals surface area (Å²) in [5.41, 5.74) is 6.16. The Bertz CT molecular complexity index is 1620. The van der Waals surface area contributed by atoms with Gasteiger partial charge in [0.05, 0.1) is 12.2 Å². The SMILES string of the molecule is CCCCCCOc1ccc(C2C(C(=O)Nc3ccc(C)cc3C)=C(C)Nc3nc(SCc4ccccc4Cl)nn32)cc1. The van der Waals surface area contributed by atoms with Crippen LogP contribution in [0.5, 0.6) is 5.75 Å². The number of rotatable bonds is 12. The van der Waals surface area contributed by atoms with Crippen molar-refractivity contribution in [2.24, 2.45) is 0 Å². The normalized spacial score (nSPS) is 14.3. The number of halogens is 1. The summed E-state index contributed by atoms with van der Waals surface area (Å²) in [7, 11) is 0. The molecule has 0 bridgehead atoms. The minimum absolute atomic E-state index is 0.190. The molecule has 43 heavy (non-hydrogen) atoms. The largest absolute Gasteiger partial charge is 0.494 e. The van der Waals surface area contributed by atoms with E-state index >= 15 is 0 Å². The molecule has 0 radical (unpaired) electrons. The second-order valence-corrected chi connectivity index (χ2v) is 12.2. The molecule has 224 valence electrons. The van der Waals surface area contributed by atoms with E-state index in [9.17, 15) is 4.79 Å². The molecular weight excluding hydrogens is 578 g/mol. The minimum atomic E-state index is -0.484. The molecule has 0 aliphatic carbocycles. The number of anilines is 2. The number of carbonyl (C=O) groups is 1. The first-order valence-electron chi connectivity index (χ1n) is 14.8. The van der Waals surface area contributed by atoms with Crippen molar-refractivity contribution in [1.29, 1.82) is 0 Å². The van der Waals surface area contributed by atoms with E-state index in [2.05, 4.69) is 23.6 Å². The zero-order chi connectivity index (χ0) is 30.3. The third-order valence-corrected chi connectivity index (χ3v) is 8.74. The molecule has 4 aromatic rings. The van der Waals surface area contributed by atoms with Crippen molar-refractivity contribution in [2.45, 2.75) is 70.3 Å². The van der Waals surface area contributed by atoms with Gasteiger partial charge >= 0.3 is 0 Å². The lowest BCUT2D eigenvalue weighted by molar-refractivity contribution is -0.113. The van der Waals surface area contributed by atoms with Crippen LogP contribution in [-0.4, -0.2) is 27.3 Å². The Hall–Kier alpha value is -3.75. The first-order chi connectivity index (χ1) is 20.8. The average Bonchev–Trinajstić information content (AvgIpc) is 3.40. The summed E-state index contributed by atoms with van der Waals surface area (Å²) in [6, 6.07) is 21.3. The molecule has 0 fully saturated rings. The quantitative estimate of drug-likeness (QED) is 0.122. The number of aryl methyl sites for hydroxylation is 2. The van der Waals surface area contributed by atoms with Crippen molar-refractivity contribution < 1.29 is 9.53 Å². The number of aromatic nitrogens is 3. The Morgan fingerprint density at radius 1 is 1.05 bits per heavy atom. The Morgan fingerprint density at radius 2 is 1.84 bits per heavy atom. The van der Waals surface area contributed by atoms with Crippen LogP contribution >= 0.6 is 23.4 Å². The minimum Gasteiger partial charge on any atom is -0.494 e. The Morgan fingerprint density at radius 3 is 2.58 bits per heavy atom. The molecule has 1 aromatic heterocycles. The summed E-state index contributed by atoms with van der Waals surface area (Å²) in [4.78, 5) is 18.7. The van der Waals surface area contributed by atoms with Gasteiger partial charge in [0.2, 0.25) is 11.1 Å². The Labute approximate surface area is 263 Å². The summed E-state index contributed by atoms with van der Waals surface area (Å²) >= 11 is 7.89. The molecule has 7 nitrogen and oxygen atoms in total. The van der Waals surface area contributed by atoms with Crippen LogP contribution in [0.1, 0.15) is 67.8 Å². The van der Waals surface area contributed by atoms with Gasteiger partial charge in [0.15, 0.2) is 0 Å². The number of ether oxygens (including phenoxy) is 1. The van der Waals surface area contributed by atoms with Crippen LogP contribution in [-0.2, 0) is 10.5 Å². The number of carbonyl (C=O) groups excluding carboxylic acids is 1. The van der Waals surface area contributed by atoms with E-state index in [0.717, 1.165) is 45.8 Å². The van der Waals surface area contributed by atoms with Gasteiger partial charge in [0, 0.05) is 22.2 Å². The van der Waals surface area contributed by atoms with Crippen molar-refractivity contribution in [1.82, 2.24) is 14.8 Å². The summed E-state index contributed by atoms with van der Waals surface area (Å²) in [6.07, 6.45) is 4.61. The summed E-state index contributed by atoms with van der Waals surface area (Å²) in [5.74, 6) is 1.84. The summed E-state index contributed by atoms with van der Waals surface area (Å²) < 4.78 is 7.80. The van der Waals surface area contributed by atoms with Crippen LogP contribution in [0.4, 0.5) is 11.6 Å². The third-order valence-electron chi connectivity index (χ3n) is 7.48. The van der Waals surface area contributed by atoms with E-state index in [0.29, 0.717) is 34.1 Å². The molecule has 3 aromatic carbocycles. The van der Waals surface area contributed by atoms with Gasteiger partial charge in [-0.15, -0.1) is 5.10 Å². The number of nitrogens with one attached hydrogen (secondary N) is 2. The molecule has 5 rings (SSSR count). The smallest absolute Gasteiger partial charge is 0.255 e. The average molecular weight is 616 g/mol. The van der Waals surface area contributed by atoms with Crippen LogP contribution in [0.25, 0.3) is 0 Å². The van der Waals surface area contributed by atoms with Crippen molar-refractivity contribution >= 4 is 40.9 Å². The molecule has 1 aliphatic heterocycles. The molecule has 1 aliphatic rings. The second kappa shape index (κ2) is 14.1. The third kappa shape index (κ3) is 7.43. The van der Waals surface area contributed by atoms with Crippen LogP contribution in [0, 0.1) is 13.8 Å². The van der Waals surface area contributed by atoms with Gasteiger partial charge in [0.25, 0.3) is 5.91 Å². The number of allylic oxidation sites excluding steroid dienone is 1. The van der Waals surface area contributed by atoms with E-state index in [4.69, 9.17) is 26.4 Å². The van der Waals surface area contributed by atoms with Gasteiger partial charge in [-0.05, 0) is 68.1 Å². The molecule has 0 spiro atoms. The predicted molar refractivity (Wildman–Crippen MR) is 176 cm³/mol. The van der Waals surface area contributed by atoms with E-state index in [1.54, 1.807) is 4.68 Å². The number of unbranched alkanes of at least 4 members (excludes halogenated alkanes) is 3. The second-order valence-electron chi connectivity index (χ2n) is 10.9. The number of hydrogen-bond donors (Lipinski definition) is 2. The zero-order valence-electron chi connectivity index (χ0n) is 25.1. The fourth-order valence-electron chi connectivity index (χ4n) is 5.16. The highest BCUT2D eigenvalue weighted by Crippen LogP contribution is 2.38. The molecule has 2 heterocycles. The lowest BCUT2D eigenvalue weighted by Gasteiger charge is -2.29. The molecular formula is C34H38ClN5O2S. The zero-order valence-corrected chi connectivity index (χ0v) is 26.7. The number of amides is 1. The van der Waals surface area contributed by atoms with Crippen LogP contribution < -0.4 is 15.4 Å². The molecule has 1 unspecified atom stereocenters. The van der Waals surface area contributed by atoms with E-state index in [-0.39, 0.29) is 5.91 Å².